The number of aliphatic carboxylic acids is 1. The lowest BCUT2D eigenvalue weighted by Gasteiger charge is -2.21. The van der Waals surface area contributed by atoms with Gasteiger partial charge >= 0.3 is 5.97 Å². The molecule has 0 aromatic carbocycles. The summed E-state index contributed by atoms with van der Waals surface area (Å²) in [6, 6.07) is 4.56. The molecular weight excluding hydrogens is 220 g/mol. The summed E-state index contributed by atoms with van der Waals surface area (Å²) in [5.74, 6) is -0.489. The van der Waals surface area contributed by atoms with Crippen molar-refractivity contribution in [1.29, 1.82) is 0 Å². The Hall–Kier alpha value is -1.62. The SMILES string of the molecule is CC(C)(C)Oc1cccc(C(N)CC(=O)O)n1. The third-order valence-corrected chi connectivity index (χ3v) is 1.93. The molecule has 3 N–H and O–H groups in total. The number of carbonyl (C=O) groups is 1. The maximum Gasteiger partial charge on any atom is 0.305 e. The van der Waals surface area contributed by atoms with E-state index in [0.717, 1.165) is 0 Å². The zero-order valence-corrected chi connectivity index (χ0v) is 10.3. The second-order valence-corrected chi connectivity index (χ2v) is 4.82. The van der Waals surface area contributed by atoms with Gasteiger partial charge in [-0.1, -0.05) is 6.07 Å². The molecule has 0 radical (unpaired) electrons. The average Bonchev–Trinajstić information content (AvgIpc) is 2.14. The Kier molecular flexibility index (Phi) is 4.07. The van der Waals surface area contributed by atoms with Crippen LogP contribution in [0.4, 0.5) is 0 Å². The van der Waals surface area contributed by atoms with Crippen molar-refractivity contribution in [3.63, 3.8) is 0 Å². The molecule has 0 saturated heterocycles. The number of hydrogen-bond acceptors (Lipinski definition) is 4. The minimum atomic E-state index is -0.943. The van der Waals surface area contributed by atoms with Gasteiger partial charge in [0.15, 0.2) is 0 Å². The van der Waals surface area contributed by atoms with Crippen LogP contribution in [0.2, 0.25) is 0 Å². The van der Waals surface area contributed by atoms with Crippen molar-refractivity contribution in [2.45, 2.75) is 38.8 Å². The first kappa shape index (κ1) is 13.4. The monoisotopic (exact) mass is 238 g/mol. The molecule has 0 fully saturated rings. The molecule has 0 aliphatic heterocycles. The lowest BCUT2D eigenvalue weighted by Crippen LogP contribution is -2.24. The molecule has 5 nitrogen and oxygen atoms in total. The summed E-state index contributed by atoms with van der Waals surface area (Å²) in [5.41, 5.74) is 5.91. The normalized spacial score (nSPS) is 13.2. The number of rotatable bonds is 4. The summed E-state index contributed by atoms with van der Waals surface area (Å²) in [6.45, 7) is 5.75. The van der Waals surface area contributed by atoms with Crippen LogP contribution in [0.5, 0.6) is 5.88 Å². The van der Waals surface area contributed by atoms with E-state index in [1.165, 1.54) is 0 Å². The van der Waals surface area contributed by atoms with E-state index in [2.05, 4.69) is 4.98 Å². The fourth-order valence-electron chi connectivity index (χ4n) is 1.30. The van der Waals surface area contributed by atoms with Gasteiger partial charge in [-0.15, -0.1) is 0 Å². The Labute approximate surface area is 101 Å². The quantitative estimate of drug-likeness (QED) is 0.834. The molecule has 5 heteroatoms. The van der Waals surface area contributed by atoms with E-state index >= 15 is 0 Å². The topological polar surface area (TPSA) is 85.4 Å². The molecule has 1 aromatic rings. The molecule has 1 unspecified atom stereocenters. The third-order valence-electron chi connectivity index (χ3n) is 1.93. The van der Waals surface area contributed by atoms with Gasteiger partial charge in [-0.05, 0) is 26.8 Å². The van der Waals surface area contributed by atoms with E-state index in [1.54, 1.807) is 18.2 Å². The van der Waals surface area contributed by atoms with Crippen LogP contribution >= 0.6 is 0 Å². The van der Waals surface area contributed by atoms with Gasteiger partial charge in [0.2, 0.25) is 5.88 Å². The van der Waals surface area contributed by atoms with E-state index in [9.17, 15) is 4.79 Å². The molecule has 94 valence electrons. The maximum absolute atomic E-state index is 10.6. The number of nitrogens with two attached hydrogens (primary N) is 1. The molecule has 0 saturated carbocycles. The number of carboxylic acids is 1. The number of carboxylic acid groups (broad SMARTS) is 1. The number of hydrogen-bond donors (Lipinski definition) is 2. The molecule has 0 aliphatic carbocycles. The van der Waals surface area contributed by atoms with Gasteiger partial charge < -0.3 is 15.6 Å². The Bertz CT molecular complexity index is 399. The summed E-state index contributed by atoms with van der Waals surface area (Å²) in [4.78, 5) is 14.8. The second-order valence-electron chi connectivity index (χ2n) is 4.82. The van der Waals surface area contributed by atoms with Crippen LogP contribution in [0.15, 0.2) is 18.2 Å². The fraction of sp³-hybridized carbons (Fsp3) is 0.500. The van der Waals surface area contributed by atoms with Crippen LogP contribution in [-0.2, 0) is 4.79 Å². The van der Waals surface area contributed by atoms with Crippen molar-refractivity contribution >= 4 is 5.97 Å². The highest BCUT2D eigenvalue weighted by atomic mass is 16.5. The van der Waals surface area contributed by atoms with Crippen molar-refractivity contribution in [1.82, 2.24) is 4.98 Å². The van der Waals surface area contributed by atoms with Gasteiger partial charge in [0.1, 0.15) is 5.60 Å². The van der Waals surface area contributed by atoms with Crippen LogP contribution in [0.3, 0.4) is 0 Å². The van der Waals surface area contributed by atoms with E-state index in [0.29, 0.717) is 11.6 Å². The van der Waals surface area contributed by atoms with Crippen LogP contribution in [0, 0.1) is 0 Å². The lowest BCUT2D eigenvalue weighted by molar-refractivity contribution is -0.137. The van der Waals surface area contributed by atoms with Crippen molar-refractivity contribution in [2.24, 2.45) is 5.73 Å². The van der Waals surface area contributed by atoms with Crippen molar-refractivity contribution < 1.29 is 14.6 Å². The number of aromatic nitrogens is 1. The van der Waals surface area contributed by atoms with Gasteiger partial charge in [0.05, 0.1) is 18.2 Å². The highest BCUT2D eigenvalue weighted by molar-refractivity contribution is 5.67. The first-order valence-corrected chi connectivity index (χ1v) is 5.41. The smallest absolute Gasteiger partial charge is 0.305 e. The predicted molar refractivity (Wildman–Crippen MR) is 63.8 cm³/mol. The summed E-state index contributed by atoms with van der Waals surface area (Å²) < 4.78 is 5.58. The number of nitrogens with zero attached hydrogens (tertiary/aromatic N) is 1. The van der Waals surface area contributed by atoms with Gasteiger partial charge in [0.25, 0.3) is 0 Å². The molecule has 1 aromatic heterocycles. The summed E-state index contributed by atoms with van der Waals surface area (Å²) in [5, 5.41) is 8.66. The largest absolute Gasteiger partial charge is 0.481 e. The van der Waals surface area contributed by atoms with E-state index in [4.69, 9.17) is 15.6 Å². The Morgan fingerprint density at radius 3 is 2.71 bits per heavy atom. The molecule has 0 spiro atoms. The molecule has 1 heterocycles. The molecule has 17 heavy (non-hydrogen) atoms. The number of pyridine rings is 1. The second kappa shape index (κ2) is 5.14. The third kappa shape index (κ3) is 4.82. The fourth-order valence-corrected chi connectivity index (χ4v) is 1.30. The number of ether oxygens (including phenoxy) is 1. The zero-order chi connectivity index (χ0) is 13.1. The molecule has 0 aliphatic rings. The molecule has 0 bridgehead atoms. The van der Waals surface area contributed by atoms with Crippen molar-refractivity contribution in [3.05, 3.63) is 23.9 Å². The van der Waals surface area contributed by atoms with Gasteiger partial charge in [-0.2, -0.15) is 0 Å². The highest BCUT2D eigenvalue weighted by Crippen LogP contribution is 2.19. The first-order valence-electron chi connectivity index (χ1n) is 5.41. The molecule has 1 rings (SSSR count). The van der Waals surface area contributed by atoms with Gasteiger partial charge in [-0.3, -0.25) is 4.79 Å². The van der Waals surface area contributed by atoms with E-state index in [-0.39, 0.29) is 12.0 Å². The van der Waals surface area contributed by atoms with E-state index in [1.807, 2.05) is 20.8 Å². The van der Waals surface area contributed by atoms with Crippen LogP contribution in [0.25, 0.3) is 0 Å². The van der Waals surface area contributed by atoms with Crippen molar-refractivity contribution in [3.8, 4) is 5.88 Å². The maximum atomic E-state index is 10.6. The average molecular weight is 238 g/mol. The molecule has 0 amide bonds. The molecule has 1 atom stereocenters. The predicted octanol–water partition coefficient (Wildman–Crippen LogP) is 1.73. The lowest BCUT2D eigenvalue weighted by atomic mass is 10.1. The molecular formula is C12H18N2O3. The van der Waals surface area contributed by atoms with Crippen molar-refractivity contribution in [2.75, 3.05) is 0 Å². The standard InChI is InChI=1S/C12H18N2O3/c1-12(2,3)17-10-6-4-5-9(14-10)8(13)7-11(15)16/h4-6,8H,7,13H2,1-3H3,(H,15,16). The minimum absolute atomic E-state index is 0.147. The van der Waals surface area contributed by atoms with Gasteiger partial charge in [-0.25, -0.2) is 4.98 Å². The first-order chi connectivity index (χ1) is 7.78. The van der Waals surface area contributed by atoms with Crippen LogP contribution < -0.4 is 10.5 Å². The summed E-state index contributed by atoms with van der Waals surface area (Å²) in [6.07, 6.45) is -0.147. The van der Waals surface area contributed by atoms with Gasteiger partial charge in [0, 0.05) is 6.07 Å². The summed E-state index contributed by atoms with van der Waals surface area (Å²) in [7, 11) is 0. The summed E-state index contributed by atoms with van der Waals surface area (Å²) >= 11 is 0. The Morgan fingerprint density at radius 1 is 1.53 bits per heavy atom. The minimum Gasteiger partial charge on any atom is -0.481 e. The Morgan fingerprint density at radius 2 is 2.18 bits per heavy atom. The van der Waals surface area contributed by atoms with Crippen LogP contribution in [-0.4, -0.2) is 21.7 Å². The van der Waals surface area contributed by atoms with Crippen LogP contribution in [0.1, 0.15) is 38.9 Å². The Balaban J connectivity index is 2.82. The highest BCUT2D eigenvalue weighted by Gasteiger charge is 2.16. The zero-order valence-electron chi connectivity index (χ0n) is 10.3. The van der Waals surface area contributed by atoms with E-state index < -0.39 is 12.0 Å².